The lowest BCUT2D eigenvalue weighted by Gasteiger charge is -2.34. The van der Waals surface area contributed by atoms with Gasteiger partial charge in [-0.25, -0.2) is 15.0 Å². The molecule has 2 aromatic heterocycles. The molecule has 1 aliphatic carbocycles. The summed E-state index contributed by atoms with van der Waals surface area (Å²) in [5.74, 6) is 1.93. The molecule has 0 fully saturated rings. The molecule has 2 heterocycles. The van der Waals surface area contributed by atoms with Crippen LogP contribution in [0.25, 0.3) is 87.7 Å². The molecule has 0 aliphatic heterocycles. The number of thiophene rings is 1. The predicted molar refractivity (Wildman–Crippen MR) is 257 cm³/mol. The van der Waals surface area contributed by atoms with Crippen molar-refractivity contribution in [2.75, 3.05) is 0 Å². The van der Waals surface area contributed by atoms with Gasteiger partial charge in [0.05, 0.1) is 5.41 Å². The summed E-state index contributed by atoms with van der Waals surface area (Å²) >= 11 is 1.81. The smallest absolute Gasteiger partial charge is 0.164 e. The lowest BCUT2D eigenvalue weighted by Crippen LogP contribution is -2.28. The minimum absolute atomic E-state index is 0.536. The Morgan fingerprint density at radius 2 is 0.806 bits per heavy atom. The molecule has 0 spiro atoms. The van der Waals surface area contributed by atoms with Crippen LogP contribution < -0.4 is 0 Å². The third-order valence-corrected chi connectivity index (χ3v) is 13.5. The quantitative estimate of drug-likeness (QED) is 0.161. The van der Waals surface area contributed by atoms with Gasteiger partial charge in [-0.2, -0.15) is 0 Å². The molecule has 9 aromatic carbocycles. The first kappa shape index (κ1) is 36.1. The van der Waals surface area contributed by atoms with Gasteiger partial charge in [0.15, 0.2) is 17.5 Å². The van der Waals surface area contributed by atoms with Gasteiger partial charge >= 0.3 is 0 Å². The molecule has 3 nitrogen and oxygen atoms in total. The fraction of sp³-hybridized carbons (Fsp3) is 0.0172. The summed E-state index contributed by atoms with van der Waals surface area (Å²) in [5, 5.41) is 2.35. The van der Waals surface area contributed by atoms with Crippen LogP contribution in [0.5, 0.6) is 0 Å². The minimum Gasteiger partial charge on any atom is -0.208 e. The second kappa shape index (κ2) is 14.7. The number of rotatable bonds is 7. The van der Waals surface area contributed by atoms with Crippen LogP contribution in [0.3, 0.4) is 0 Å². The summed E-state index contributed by atoms with van der Waals surface area (Å²) in [6.07, 6.45) is 0. The molecular weight excluding hydrogens is 771 g/mol. The van der Waals surface area contributed by atoms with Crippen molar-refractivity contribution < 1.29 is 0 Å². The maximum Gasteiger partial charge on any atom is 0.164 e. The van der Waals surface area contributed by atoms with Crippen LogP contribution in [0.4, 0.5) is 0 Å². The molecule has 0 unspecified atom stereocenters. The monoisotopic (exact) mass is 807 g/mol. The van der Waals surface area contributed by atoms with Crippen LogP contribution in [0.15, 0.2) is 224 Å². The first-order valence-corrected chi connectivity index (χ1v) is 21.8. The zero-order valence-corrected chi connectivity index (χ0v) is 34.4. The molecule has 4 heteroatoms. The summed E-state index contributed by atoms with van der Waals surface area (Å²) in [6.45, 7) is 0. The number of fused-ring (bicyclic) bond motifs is 6. The Bertz CT molecular complexity index is 3420. The summed E-state index contributed by atoms with van der Waals surface area (Å²) < 4.78 is 2.42. The largest absolute Gasteiger partial charge is 0.208 e. The molecule has 0 bridgehead atoms. The summed E-state index contributed by atoms with van der Waals surface area (Å²) in [7, 11) is 0. The van der Waals surface area contributed by atoms with Crippen molar-refractivity contribution in [1.29, 1.82) is 0 Å². The van der Waals surface area contributed by atoms with E-state index < -0.39 is 5.41 Å². The summed E-state index contributed by atoms with van der Waals surface area (Å²) in [4.78, 5) is 15.9. The Balaban J connectivity index is 1.03. The third kappa shape index (κ3) is 5.83. The average molecular weight is 808 g/mol. The topological polar surface area (TPSA) is 38.7 Å². The lowest BCUT2D eigenvalue weighted by molar-refractivity contribution is 0.768. The van der Waals surface area contributed by atoms with Gasteiger partial charge < -0.3 is 0 Å². The number of nitrogens with zero attached hydrogens (tertiary/aromatic N) is 3. The van der Waals surface area contributed by atoms with Crippen molar-refractivity contribution in [3.8, 4) is 67.5 Å². The van der Waals surface area contributed by atoms with Crippen molar-refractivity contribution >= 4 is 31.5 Å². The van der Waals surface area contributed by atoms with Gasteiger partial charge in [0.25, 0.3) is 0 Å². The van der Waals surface area contributed by atoms with E-state index in [2.05, 4.69) is 206 Å². The lowest BCUT2D eigenvalue weighted by atomic mass is 9.67. The van der Waals surface area contributed by atoms with Gasteiger partial charge in [0, 0.05) is 36.9 Å². The van der Waals surface area contributed by atoms with Gasteiger partial charge in [-0.15, -0.1) is 11.3 Å². The highest BCUT2D eigenvalue weighted by Crippen LogP contribution is 2.56. The first-order chi connectivity index (χ1) is 30.7. The molecule has 11 aromatic rings. The number of hydrogen-bond donors (Lipinski definition) is 0. The molecule has 1 aliphatic rings. The molecule has 12 rings (SSSR count). The fourth-order valence-electron chi connectivity index (χ4n) is 9.65. The highest BCUT2D eigenvalue weighted by atomic mass is 32.1. The molecule has 0 radical (unpaired) electrons. The normalized spacial score (nSPS) is 12.6. The molecule has 290 valence electrons. The molecule has 0 amide bonds. The van der Waals surface area contributed by atoms with E-state index in [-0.39, 0.29) is 0 Å². The number of benzene rings is 9. The maximum atomic E-state index is 5.37. The van der Waals surface area contributed by atoms with Crippen LogP contribution in [0, 0.1) is 0 Å². The molecular formula is C58H37N3S. The van der Waals surface area contributed by atoms with Gasteiger partial charge in [0.2, 0.25) is 0 Å². The number of hydrogen-bond acceptors (Lipinski definition) is 4. The summed E-state index contributed by atoms with van der Waals surface area (Å²) in [5.41, 5.74) is 14.6. The first-order valence-electron chi connectivity index (χ1n) is 21.0. The fourth-order valence-corrected chi connectivity index (χ4v) is 10.8. The minimum atomic E-state index is -0.536. The van der Waals surface area contributed by atoms with Gasteiger partial charge in [-0.3, -0.25) is 0 Å². The van der Waals surface area contributed by atoms with Gasteiger partial charge in [-0.05, 0) is 79.9 Å². The summed E-state index contributed by atoms with van der Waals surface area (Å²) in [6, 6.07) is 80.5. The van der Waals surface area contributed by atoms with E-state index in [4.69, 9.17) is 15.0 Å². The standard InChI is InChI=1S/C58H37N3S/c1-4-17-38(18-5-1)40-21-14-22-41(35-40)42-33-34-48-53(37-42)62-52-32-16-29-49(54(48)52)57-60-55(39-19-6-2-7-20-39)59-56(61-57)43-23-15-26-45(36-43)58(44-24-8-3-9-25-44)50-30-12-10-27-46(50)47-28-11-13-31-51(47)58/h1-37H. The number of aromatic nitrogens is 3. The van der Waals surface area contributed by atoms with Crippen molar-refractivity contribution in [2.45, 2.75) is 5.41 Å². The van der Waals surface area contributed by atoms with Crippen LogP contribution in [0.2, 0.25) is 0 Å². The predicted octanol–water partition coefficient (Wildman–Crippen LogP) is 14.9. The van der Waals surface area contributed by atoms with Crippen molar-refractivity contribution in [1.82, 2.24) is 15.0 Å². The molecule has 0 atom stereocenters. The molecule has 0 saturated carbocycles. The Kier molecular flexibility index (Phi) is 8.58. The van der Waals surface area contributed by atoms with Crippen molar-refractivity contribution in [3.05, 3.63) is 247 Å². The van der Waals surface area contributed by atoms with E-state index >= 15 is 0 Å². The Labute approximate surface area is 364 Å². The van der Waals surface area contributed by atoms with E-state index in [1.165, 1.54) is 64.9 Å². The van der Waals surface area contributed by atoms with Crippen LogP contribution in [-0.2, 0) is 5.41 Å². The Hall–Kier alpha value is -7.79. The van der Waals surface area contributed by atoms with Gasteiger partial charge in [-0.1, -0.05) is 200 Å². The second-order valence-corrected chi connectivity index (χ2v) is 17.0. The Morgan fingerprint density at radius 1 is 0.306 bits per heavy atom. The van der Waals surface area contributed by atoms with Gasteiger partial charge in [0.1, 0.15) is 0 Å². The van der Waals surface area contributed by atoms with Crippen molar-refractivity contribution in [3.63, 3.8) is 0 Å². The zero-order chi connectivity index (χ0) is 41.0. The van der Waals surface area contributed by atoms with Crippen molar-refractivity contribution in [2.24, 2.45) is 0 Å². The van der Waals surface area contributed by atoms with Crippen LogP contribution >= 0.6 is 11.3 Å². The van der Waals surface area contributed by atoms with E-state index in [0.29, 0.717) is 17.5 Å². The maximum absolute atomic E-state index is 5.37. The molecule has 62 heavy (non-hydrogen) atoms. The molecule has 0 saturated heterocycles. The Morgan fingerprint density at radius 3 is 1.53 bits per heavy atom. The highest BCUT2D eigenvalue weighted by molar-refractivity contribution is 7.26. The second-order valence-electron chi connectivity index (χ2n) is 15.9. The highest BCUT2D eigenvalue weighted by Gasteiger charge is 2.46. The van der Waals surface area contributed by atoms with Crippen LogP contribution in [-0.4, -0.2) is 15.0 Å². The van der Waals surface area contributed by atoms with E-state index in [1.54, 1.807) is 0 Å². The van der Waals surface area contributed by atoms with E-state index in [1.807, 2.05) is 29.5 Å². The molecule has 0 N–H and O–H groups in total. The van der Waals surface area contributed by atoms with E-state index in [0.717, 1.165) is 27.6 Å². The third-order valence-electron chi connectivity index (χ3n) is 12.4. The van der Waals surface area contributed by atoms with Crippen LogP contribution in [0.1, 0.15) is 22.3 Å². The average Bonchev–Trinajstić information content (AvgIpc) is 3.88. The van der Waals surface area contributed by atoms with E-state index in [9.17, 15) is 0 Å². The zero-order valence-electron chi connectivity index (χ0n) is 33.6. The SMILES string of the molecule is c1ccc(-c2cccc(-c3ccc4c(c3)sc3cccc(-c5nc(-c6ccccc6)nc(-c6cccc(C7(c8ccccc8)c8ccccc8-c8ccccc87)c6)n5)c34)c2)cc1.